The van der Waals surface area contributed by atoms with E-state index in [1.807, 2.05) is 12.1 Å². The molecule has 114 valence electrons. The van der Waals surface area contributed by atoms with E-state index in [0.717, 1.165) is 31.4 Å². The minimum atomic E-state index is -0.854. The van der Waals surface area contributed by atoms with Crippen LogP contribution in [0, 0.1) is 17.8 Å². The minimum absolute atomic E-state index is 0.198. The molecule has 3 heteroatoms. The molecular weight excluding hydrogens is 262 g/mol. The molecule has 1 aromatic rings. The fourth-order valence-corrected chi connectivity index (χ4v) is 4.35. The number of fused-ring (bicyclic) bond motifs is 1. The Bertz CT molecular complexity index is 554. The molecule has 3 rings (SSSR count). The van der Waals surface area contributed by atoms with Gasteiger partial charge in [0.05, 0.1) is 5.60 Å². The lowest BCUT2D eigenvalue weighted by Gasteiger charge is -2.57. The molecular formula is C18H25NO2. The van der Waals surface area contributed by atoms with Crippen molar-refractivity contribution in [2.75, 3.05) is 20.6 Å². The van der Waals surface area contributed by atoms with Gasteiger partial charge in [-0.15, -0.1) is 0 Å². The predicted molar refractivity (Wildman–Crippen MR) is 84.0 cm³/mol. The number of aliphatic hydroxyl groups is 1. The van der Waals surface area contributed by atoms with Crippen LogP contribution in [0.4, 0.5) is 0 Å². The summed E-state index contributed by atoms with van der Waals surface area (Å²) in [4.78, 5) is 2.15. The van der Waals surface area contributed by atoms with Gasteiger partial charge in [0.15, 0.2) is 0 Å². The van der Waals surface area contributed by atoms with Crippen molar-refractivity contribution in [2.45, 2.75) is 24.9 Å². The fourth-order valence-electron chi connectivity index (χ4n) is 4.35. The van der Waals surface area contributed by atoms with Gasteiger partial charge < -0.3 is 15.1 Å². The molecule has 3 nitrogen and oxygen atoms in total. The molecule has 0 amide bonds. The molecule has 4 atom stereocenters. The molecule has 0 spiro atoms. The SMILES string of the molecule is C=C1C[C@H]2[C@@H]1CC[C@H](CN(C)C)[C@@]2(O)c1cccc(O)c1. The fraction of sp³-hybridized carbons (Fsp3) is 0.556. The van der Waals surface area contributed by atoms with Gasteiger partial charge >= 0.3 is 0 Å². The van der Waals surface area contributed by atoms with Gasteiger partial charge in [0.2, 0.25) is 0 Å². The maximum Gasteiger partial charge on any atom is 0.115 e. The number of nitrogens with zero attached hydrogens (tertiary/aromatic N) is 1. The van der Waals surface area contributed by atoms with Crippen LogP contribution in [0.1, 0.15) is 24.8 Å². The van der Waals surface area contributed by atoms with Crippen molar-refractivity contribution < 1.29 is 10.2 Å². The predicted octanol–water partition coefficient (Wildman–Crippen LogP) is 2.74. The third-order valence-corrected chi connectivity index (χ3v) is 5.40. The second-order valence-corrected chi connectivity index (χ2v) is 6.99. The van der Waals surface area contributed by atoms with Crippen molar-refractivity contribution in [3.8, 4) is 5.75 Å². The van der Waals surface area contributed by atoms with Crippen LogP contribution >= 0.6 is 0 Å². The Morgan fingerprint density at radius 3 is 2.71 bits per heavy atom. The Hall–Kier alpha value is -1.32. The van der Waals surface area contributed by atoms with Crippen molar-refractivity contribution in [1.82, 2.24) is 4.90 Å². The highest BCUT2D eigenvalue weighted by molar-refractivity contribution is 5.36. The Morgan fingerprint density at radius 1 is 1.33 bits per heavy atom. The van der Waals surface area contributed by atoms with Crippen LogP contribution in [-0.4, -0.2) is 35.8 Å². The van der Waals surface area contributed by atoms with E-state index < -0.39 is 5.60 Å². The van der Waals surface area contributed by atoms with Crippen LogP contribution in [0.25, 0.3) is 0 Å². The summed E-state index contributed by atoms with van der Waals surface area (Å²) in [6, 6.07) is 7.16. The lowest BCUT2D eigenvalue weighted by Crippen LogP contribution is -2.56. The van der Waals surface area contributed by atoms with Crippen LogP contribution in [0.3, 0.4) is 0 Å². The second-order valence-electron chi connectivity index (χ2n) is 6.99. The smallest absolute Gasteiger partial charge is 0.115 e. The van der Waals surface area contributed by atoms with Gasteiger partial charge in [-0.25, -0.2) is 0 Å². The van der Waals surface area contributed by atoms with E-state index in [2.05, 4.69) is 25.6 Å². The Morgan fingerprint density at radius 2 is 2.10 bits per heavy atom. The van der Waals surface area contributed by atoms with Gasteiger partial charge in [-0.2, -0.15) is 0 Å². The summed E-state index contributed by atoms with van der Waals surface area (Å²) in [6.45, 7) is 5.00. The Labute approximate surface area is 126 Å². The highest BCUT2D eigenvalue weighted by Gasteiger charge is 2.56. The number of aromatic hydroxyl groups is 1. The van der Waals surface area contributed by atoms with E-state index in [9.17, 15) is 10.2 Å². The number of phenolic OH excluding ortho intramolecular Hbond substituents is 1. The van der Waals surface area contributed by atoms with Gasteiger partial charge in [0.1, 0.15) is 5.75 Å². The maximum atomic E-state index is 11.6. The van der Waals surface area contributed by atoms with Crippen molar-refractivity contribution in [2.24, 2.45) is 17.8 Å². The lowest BCUT2D eigenvalue weighted by molar-refractivity contribution is -0.143. The molecule has 2 fully saturated rings. The Balaban J connectivity index is 2.00. The molecule has 1 aromatic carbocycles. The van der Waals surface area contributed by atoms with Crippen molar-refractivity contribution in [1.29, 1.82) is 0 Å². The molecule has 2 aliphatic rings. The van der Waals surface area contributed by atoms with Crippen molar-refractivity contribution >= 4 is 0 Å². The molecule has 0 saturated heterocycles. The summed E-state index contributed by atoms with van der Waals surface area (Å²) >= 11 is 0. The average Bonchev–Trinajstić information content (AvgIpc) is 2.41. The molecule has 0 unspecified atom stereocenters. The van der Waals surface area contributed by atoms with E-state index in [1.54, 1.807) is 12.1 Å². The zero-order chi connectivity index (χ0) is 15.2. The van der Waals surface area contributed by atoms with Crippen LogP contribution < -0.4 is 0 Å². The number of hydrogen-bond donors (Lipinski definition) is 2. The Kier molecular flexibility index (Phi) is 3.58. The summed E-state index contributed by atoms with van der Waals surface area (Å²) < 4.78 is 0. The molecule has 0 aliphatic heterocycles. The van der Waals surface area contributed by atoms with E-state index in [4.69, 9.17) is 0 Å². The van der Waals surface area contributed by atoms with Crippen LogP contribution in [-0.2, 0) is 5.60 Å². The highest BCUT2D eigenvalue weighted by atomic mass is 16.3. The van der Waals surface area contributed by atoms with Crippen LogP contribution in [0.15, 0.2) is 36.4 Å². The number of hydrogen-bond acceptors (Lipinski definition) is 3. The molecule has 0 aromatic heterocycles. The standard InChI is InChI=1S/C18H25NO2/c1-12-9-17-16(12)8-7-14(11-19(2)3)18(17,21)13-5-4-6-15(20)10-13/h4-6,10,14,16-17,20-21H,1,7-9,11H2,2-3H3/t14-,16-,17+,18+/m1/s1. The quantitative estimate of drug-likeness (QED) is 0.840. The molecule has 0 radical (unpaired) electrons. The largest absolute Gasteiger partial charge is 0.508 e. The maximum absolute atomic E-state index is 11.6. The summed E-state index contributed by atoms with van der Waals surface area (Å²) in [5.41, 5.74) is 1.28. The first-order valence-corrected chi connectivity index (χ1v) is 7.77. The zero-order valence-corrected chi connectivity index (χ0v) is 12.9. The van der Waals surface area contributed by atoms with Gasteiger partial charge in [-0.05, 0) is 57.0 Å². The lowest BCUT2D eigenvalue weighted by atomic mass is 9.51. The second kappa shape index (κ2) is 5.15. The average molecular weight is 287 g/mol. The first-order valence-electron chi connectivity index (χ1n) is 7.77. The normalized spacial score (nSPS) is 35.4. The molecule has 21 heavy (non-hydrogen) atoms. The van der Waals surface area contributed by atoms with Gasteiger partial charge in [0, 0.05) is 18.4 Å². The van der Waals surface area contributed by atoms with Crippen molar-refractivity contribution in [3.63, 3.8) is 0 Å². The molecule has 2 saturated carbocycles. The topological polar surface area (TPSA) is 43.7 Å². The summed E-state index contributed by atoms with van der Waals surface area (Å²) in [7, 11) is 4.10. The number of rotatable bonds is 3. The third-order valence-electron chi connectivity index (χ3n) is 5.40. The van der Waals surface area contributed by atoms with E-state index >= 15 is 0 Å². The van der Waals surface area contributed by atoms with E-state index in [-0.39, 0.29) is 17.6 Å². The summed E-state index contributed by atoms with van der Waals surface area (Å²) in [5, 5.41) is 21.4. The zero-order valence-electron chi connectivity index (χ0n) is 12.9. The number of phenols is 1. The van der Waals surface area contributed by atoms with E-state index in [0.29, 0.717) is 5.92 Å². The van der Waals surface area contributed by atoms with Crippen LogP contribution in [0.2, 0.25) is 0 Å². The molecule has 0 bridgehead atoms. The first-order chi connectivity index (χ1) is 9.92. The van der Waals surface area contributed by atoms with Crippen molar-refractivity contribution in [3.05, 3.63) is 42.0 Å². The molecule has 2 N–H and O–H groups in total. The monoisotopic (exact) mass is 287 g/mol. The first kappa shape index (κ1) is 14.6. The molecule has 0 heterocycles. The highest BCUT2D eigenvalue weighted by Crippen LogP contribution is 2.59. The summed E-state index contributed by atoms with van der Waals surface area (Å²) in [5.74, 6) is 1.11. The third kappa shape index (κ3) is 2.29. The van der Waals surface area contributed by atoms with Gasteiger partial charge in [-0.1, -0.05) is 24.3 Å². The van der Waals surface area contributed by atoms with E-state index in [1.165, 1.54) is 5.57 Å². The summed E-state index contributed by atoms with van der Waals surface area (Å²) in [6.07, 6.45) is 3.04. The molecule has 2 aliphatic carbocycles. The number of allylic oxidation sites excluding steroid dienone is 1. The van der Waals surface area contributed by atoms with Crippen LogP contribution in [0.5, 0.6) is 5.75 Å². The van der Waals surface area contributed by atoms with Gasteiger partial charge in [0.25, 0.3) is 0 Å². The minimum Gasteiger partial charge on any atom is -0.508 e. The number of benzene rings is 1. The van der Waals surface area contributed by atoms with Gasteiger partial charge in [-0.3, -0.25) is 0 Å².